The molecule has 0 radical (unpaired) electrons. The Bertz CT molecular complexity index is 447. The van der Waals surface area contributed by atoms with Crippen LogP contribution >= 0.6 is 0 Å². The maximum Gasteiger partial charge on any atom is 0.303 e. The first-order valence-electron chi connectivity index (χ1n) is 6.05. The van der Waals surface area contributed by atoms with E-state index in [4.69, 9.17) is 5.11 Å². The lowest BCUT2D eigenvalue weighted by atomic mass is 9.93. The number of aromatic nitrogens is 2. The van der Waals surface area contributed by atoms with Crippen LogP contribution in [0.5, 0.6) is 0 Å². The summed E-state index contributed by atoms with van der Waals surface area (Å²) in [5.41, 5.74) is 0.453. The first kappa shape index (κ1) is 12.6. The number of aryl methyl sites for hydroxylation is 1. The maximum absolute atomic E-state index is 12.1. The van der Waals surface area contributed by atoms with Crippen molar-refractivity contribution in [1.29, 1.82) is 0 Å². The summed E-state index contributed by atoms with van der Waals surface area (Å²) in [5, 5.41) is 8.73. The van der Waals surface area contributed by atoms with Crippen LogP contribution in [0.4, 0.5) is 0 Å². The first-order valence-corrected chi connectivity index (χ1v) is 6.05. The summed E-state index contributed by atoms with van der Waals surface area (Å²) in [4.78, 5) is 28.5. The van der Waals surface area contributed by atoms with E-state index in [0.717, 1.165) is 12.8 Å². The summed E-state index contributed by atoms with van der Waals surface area (Å²) in [6, 6.07) is 0. The number of hydrogen-bond acceptors (Lipinski definition) is 3. The number of amides is 1. The maximum atomic E-state index is 12.1. The van der Waals surface area contributed by atoms with Crippen LogP contribution in [-0.2, 0) is 11.8 Å². The lowest BCUT2D eigenvalue weighted by molar-refractivity contribution is -0.138. The Kier molecular flexibility index (Phi) is 3.64. The summed E-state index contributed by atoms with van der Waals surface area (Å²) in [6.07, 6.45) is 5.01. The molecule has 6 heteroatoms. The second-order valence-corrected chi connectivity index (χ2v) is 4.76. The highest BCUT2D eigenvalue weighted by Gasteiger charge is 2.25. The van der Waals surface area contributed by atoms with Gasteiger partial charge in [-0.3, -0.25) is 9.59 Å². The second kappa shape index (κ2) is 5.20. The average molecular weight is 251 g/mol. The Morgan fingerprint density at radius 3 is 2.61 bits per heavy atom. The standard InChI is InChI=1S/C12H17N3O3/c1-14-7-10(13-8-14)12(18)15-4-2-9(3-5-15)6-11(16)17/h7-9H,2-6H2,1H3,(H,16,17). The zero-order valence-corrected chi connectivity index (χ0v) is 10.4. The third-order valence-corrected chi connectivity index (χ3v) is 3.29. The minimum atomic E-state index is -0.760. The van der Waals surface area contributed by atoms with E-state index >= 15 is 0 Å². The van der Waals surface area contributed by atoms with Crippen molar-refractivity contribution in [2.75, 3.05) is 13.1 Å². The molecule has 0 unspecified atom stereocenters. The average Bonchev–Trinajstić information content (AvgIpc) is 2.75. The molecule has 0 bridgehead atoms. The lowest BCUT2D eigenvalue weighted by Gasteiger charge is -2.30. The summed E-state index contributed by atoms with van der Waals surface area (Å²) in [7, 11) is 1.82. The monoisotopic (exact) mass is 251 g/mol. The van der Waals surface area contributed by atoms with Gasteiger partial charge in [-0.15, -0.1) is 0 Å². The van der Waals surface area contributed by atoms with Crippen LogP contribution in [0.2, 0.25) is 0 Å². The predicted molar refractivity (Wildman–Crippen MR) is 64.1 cm³/mol. The number of hydrogen-bond donors (Lipinski definition) is 1. The van der Waals surface area contributed by atoms with Gasteiger partial charge in [-0.1, -0.05) is 0 Å². The van der Waals surface area contributed by atoms with Gasteiger partial charge in [0.25, 0.3) is 5.91 Å². The number of imidazole rings is 1. The molecule has 1 N–H and O–H groups in total. The Hall–Kier alpha value is -1.85. The highest BCUT2D eigenvalue weighted by atomic mass is 16.4. The predicted octanol–water partition coefficient (Wildman–Crippen LogP) is 0.747. The Morgan fingerprint density at radius 2 is 2.11 bits per heavy atom. The molecule has 2 heterocycles. The quantitative estimate of drug-likeness (QED) is 0.860. The minimum absolute atomic E-state index is 0.0654. The molecule has 2 rings (SSSR count). The van der Waals surface area contributed by atoms with Crippen LogP contribution in [0.15, 0.2) is 12.5 Å². The molecule has 1 aliphatic rings. The molecule has 1 amide bonds. The molecule has 1 aliphatic heterocycles. The molecule has 1 fully saturated rings. The zero-order chi connectivity index (χ0) is 13.1. The number of carbonyl (C=O) groups is 2. The van der Waals surface area contributed by atoms with Crippen molar-refractivity contribution in [3.05, 3.63) is 18.2 Å². The van der Waals surface area contributed by atoms with E-state index in [1.807, 2.05) is 7.05 Å². The smallest absolute Gasteiger partial charge is 0.303 e. The van der Waals surface area contributed by atoms with Gasteiger partial charge in [0.2, 0.25) is 0 Å². The fourth-order valence-corrected chi connectivity index (χ4v) is 2.27. The summed E-state index contributed by atoms with van der Waals surface area (Å²) in [6.45, 7) is 1.24. The third kappa shape index (κ3) is 2.88. The molecule has 6 nitrogen and oxygen atoms in total. The number of rotatable bonds is 3. The number of piperidine rings is 1. The van der Waals surface area contributed by atoms with Gasteiger partial charge in [0.15, 0.2) is 0 Å². The molecule has 98 valence electrons. The van der Waals surface area contributed by atoms with Crippen molar-refractivity contribution >= 4 is 11.9 Å². The SMILES string of the molecule is Cn1cnc(C(=O)N2CCC(CC(=O)O)CC2)c1. The number of carboxylic acid groups (broad SMARTS) is 1. The molecule has 1 saturated heterocycles. The van der Waals surface area contributed by atoms with E-state index in [-0.39, 0.29) is 18.2 Å². The number of nitrogens with zero attached hydrogens (tertiary/aromatic N) is 3. The Balaban J connectivity index is 1.90. The van der Waals surface area contributed by atoms with Gasteiger partial charge in [-0.05, 0) is 18.8 Å². The normalized spacial score (nSPS) is 16.8. The van der Waals surface area contributed by atoms with Gasteiger partial charge >= 0.3 is 5.97 Å². The molecule has 1 aromatic rings. The Labute approximate surface area is 105 Å². The van der Waals surface area contributed by atoms with Gasteiger partial charge < -0.3 is 14.6 Å². The van der Waals surface area contributed by atoms with Crippen molar-refractivity contribution in [2.24, 2.45) is 13.0 Å². The highest BCUT2D eigenvalue weighted by molar-refractivity contribution is 5.92. The van der Waals surface area contributed by atoms with E-state index < -0.39 is 5.97 Å². The van der Waals surface area contributed by atoms with Crippen molar-refractivity contribution in [1.82, 2.24) is 14.5 Å². The number of carbonyl (C=O) groups excluding carboxylic acids is 1. The number of aliphatic carboxylic acids is 1. The van der Waals surface area contributed by atoms with Gasteiger partial charge in [0, 0.05) is 32.8 Å². The minimum Gasteiger partial charge on any atom is -0.481 e. The van der Waals surface area contributed by atoms with Gasteiger partial charge in [-0.25, -0.2) is 4.98 Å². The molecule has 0 spiro atoms. The highest BCUT2D eigenvalue weighted by Crippen LogP contribution is 2.21. The van der Waals surface area contributed by atoms with Crippen LogP contribution < -0.4 is 0 Å². The van der Waals surface area contributed by atoms with E-state index in [0.29, 0.717) is 18.8 Å². The summed E-state index contributed by atoms with van der Waals surface area (Å²) in [5.74, 6) is -0.635. The molecule has 0 saturated carbocycles. The molecular formula is C12H17N3O3. The van der Waals surface area contributed by atoms with Gasteiger partial charge in [0.1, 0.15) is 5.69 Å². The molecule has 0 aromatic carbocycles. The molecule has 1 aromatic heterocycles. The van der Waals surface area contributed by atoms with Crippen molar-refractivity contribution in [3.8, 4) is 0 Å². The fourth-order valence-electron chi connectivity index (χ4n) is 2.27. The summed E-state index contributed by atoms with van der Waals surface area (Å²) < 4.78 is 1.74. The lowest BCUT2D eigenvalue weighted by Crippen LogP contribution is -2.39. The largest absolute Gasteiger partial charge is 0.481 e. The van der Waals surface area contributed by atoms with Crippen molar-refractivity contribution < 1.29 is 14.7 Å². The topological polar surface area (TPSA) is 75.4 Å². The summed E-state index contributed by atoms with van der Waals surface area (Å²) >= 11 is 0. The van der Waals surface area contributed by atoms with Crippen molar-refractivity contribution in [2.45, 2.75) is 19.3 Å². The van der Waals surface area contributed by atoms with Gasteiger partial charge in [0.05, 0.1) is 6.33 Å². The van der Waals surface area contributed by atoms with Crippen molar-refractivity contribution in [3.63, 3.8) is 0 Å². The van der Waals surface area contributed by atoms with Crippen LogP contribution in [0.25, 0.3) is 0 Å². The zero-order valence-electron chi connectivity index (χ0n) is 10.4. The van der Waals surface area contributed by atoms with E-state index in [1.54, 1.807) is 22.0 Å². The van der Waals surface area contributed by atoms with Crippen LogP contribution in [-0.4, -0.2) is 44.5 Å². The van der Waals surface area contributed by atoms with E-state index in [2.05, 4.69) is 4.98 Å². The van der Waals surface area contributed by atoms with Crippen LogP contribution in [0.3, 0.4) is 0 Å². The second-order valence-electron chi connectivity index (χ2n) is 4.76. The van der Waals surface area contributed by atoms with Crippen LogP contribution in [0.1, 0.15) is 29.8 Å². The first-order chi connectivity index (χ1) is 8.56. The Morgan fingerprint density at radius 1 is 1.44 bits per heavy atom. The van der Waals surface area contributed by atoms with Crippen LogP contribution in [0, 0.1) is 5.92 Å². The van der Waals surface area contributed by atoms with E-state index in [9.17, 15) is 9.59 Å². The van der Waals surface area contributed by atoms with Gasteiger partial charge in [-0.2, -0.15) is 0 Å². The molecule has 0 atom stereocenters. The number of carboxylic acids is 1. The molecule has 18 heavy (non-hydrogen) atoms. The van der Waals surface area contributed by atoms with E-state index in [1.165, 1.54) is 0 Å². The molecule has 0 aliphatic carbocycles. The number of likely N-dealkylation sites (tertiary alicyclic amines) is 1. The third-order valence-electron chi connectivity index (χ3n) is 3.29. The fraction of sp³-hybridized carbons (Fsp3) is 0.583. The molecular weight excluding hydrogens is 234 g/mol.